The molecule has 1 N–H and O–H groups in total. The highest BCUT2D eigenvalue weighted by atomic mass is 32.1. The number of fused-ring (bicyclic) bond motifs is 1. The summed E-state index contributed by atoms with van der Waals surface area (Å²) < 4.78 is 42.3. The van der Waals surface area contributed by atoms with Crippen molar-refractivity contribution in [2.24, 2.45) is 0 Å². The minimum absolute atomic E-state index is 0.0363. The van der Waals surface area contributed by atoms with Crippen LogP contribution in [-0.4, -0.2) is 21.8 Å². The highest BCUT2D eigenvalue weighted by Gasteiger charge is 2.49. The van der Waals surface area contributed by atoms with Crippen LogP contribution in [0.2, 0.25) is 0 Å². The monoisotopic (exact) mass is 466 g/mol. The van der Waals surface area contributed by atoms with Crippen LogP contribution in [0.4, 0.5) is 18.3 Å². The van der Waals surface area contributed by atoms with E-state index in [4.69, 9.17) is 0 Å². The summed E-state index contributed by atoms with van der Waals surface area (Å²) in [5.74, 6) is -4.40. The number of amides is 1. The molecule has 5 nitrogen and oxygen atoms in total. The number of hydrogen-bond donors (Lipinski definition) is 1. The van der Waals surface area contributed by atoms with Crippen LogP contribution in [-0.2, 0) is 9.59 Å². The van der Waals surface area contributed by atoms with E-state index in [2.05, 4.69) is 4.98 Å². The van der Waals surface area contributed by atoms with Crippen LogP contribution < -0.4 is 4.90 Å². The van der Waals surface area contributed by atoms with Crippen molar-refractivity contribution in [1.29, 1.82) is 0 Å². The Bertz CT molecular complexity index is 1460. The minimum Gasteiger partial charge on any atom is -0.507 e. The third kappa shape index (κ3) is 3.46. The first kappa shape index (κ1) is 20.9. The molecule has 1 aromatic heterocycles. The number of benzene rings is 3. The van der Waals surface area contributed by atoms with Gasteiger partial charge in [-0.3, -0.25) is 14.5 Å². The van der Waals surface area contributed by atoms with Crippen molar-refractivity contribution in [3.63, 3.8) is 0 Å². The van der Waals surface area contributed by atoms with Crippen molar-refractivity contribution in [2.75, 3.05) is 4.90 Å². The number of aliphatic hydroxyl groups excluding tert-OH is 1. The number of Topliss-reactive ketones (excluding diaryl/α,β-unsaturated/α-hetero) is 1. The molecule has 4 aromatic rings. The first-order valence-electron chi connectivity index (χ1n) is 9.72. The summed E-state index contributed by atoms with van der Waals surface area (Å²) in [6, 6.07) is 12.8. The topological polar surface area (TPSA) is 70.5 Å². The maximum absolute atomic E-state index is 14.9. The van der Waals surface area contributed by atoms with Gasteiger partial charge in [-0.05, 0) is 48.5 Å². The molecular formula is C24H13F3N2O3S. The zero-order valence-electron chi connectivity index (χ0n) is 16.6. The average Bonchev–Trinajstić information content (AvgIpc) is 3.32. The maximum Gasteiger partial charge on any atom is 0.301 e. The predicted molar refractivity (Wildman–Crippen MR) is 117 cm³/mol. The third-order valence-corrected chi connectivity index (χ3v) is 6.32. The molecule has 1 atom stereocenters. The average molecular weight is 466 g/mol. The Balaban J connectivity index is 1.75. The molecule has 0 saturated carbocycles. The van der Waals surface area contributed by atoms with Crippen molar-refractivity contribution in [3.8, 4) is 0 Å². The number of nitrogens with zero attached hydrogens (tertiary/aromatic N) is 2. The van der Waals surface area contributed by atoms with Gasteiger partial charge >= 0.3 is 5.91 Å². The predicted octanol–water partition coefficient (Wildman–Crippen LogP) is 5.34. The summed E-state index contributed by atoms with van der Waals surface area (Å²) >= 11 is 0.956. The maximum atomic E-state index is 14.9. The molecule has 1 saturated heterocycles. The van der Waals surface area contributed by atoms with Crippen molar-refractivity contribution in [1.82, 2.24) is 4.98 Å². The number of carbonyl (C=O) groups excluding carboxylic acids is 2. The van der Waals surface area contributed by atoms with Crippen LogP contribution in [0.15, 0.2) is 72.3 Å². The minimum atomic E-state index is -1.33. The van der Waals surface area contributed by atoms with Crippen molar-refractivity contribution in [2.45, 2.75) is 6.04 Å². The Morgan fingerprint density at radius 3 is 2.36 bits per heavy atom. The molecule has 0 aliphatic carbocycles. The summed E-state index contributed by atoms with van der Waals surface area (Å²) in [7, 11) is 0. The number of aromatic nitrogens is 1. The van der Waals surface area contributed by atoms with Gasteiger partial charge in [-0.2, -0.15) is 0 Å². The van der Waals surface area contributed by atoms with Crippen molar-refractivity contribution in [3.05, 3.63) is 101 Å². The summed E-state index contributed by atoms with van der Waals surface area (Å²) in [5, 5.41) is 11.0. The van der Waals surface area contributed by atoms with Gasteiger partial charge in [-0.15, -0.1) is 0 Å². The number of thiazole rings is 1. The van der Waals surface area contributed by atoms with E-state index in [-0.39, 0.29) is 21.8 Å². The highest BCUT2D eigenvalue weighted by Crippen LogP contribution is 2.44. The summed E-state index contributed by atoms with van der Waals surface area (Å²) in [6.45, 7) is 0. The molecule has 1 aliphatic rings. The largest absolute Gasteiger partial charge is 0.507 e. The zero-order valence-corrected chi connectivity index (χ0v) is 17.4. The number of carbonyl (C=O) groups is 2. The van der Waals surface area contributed by atoms with E-state index >= 15 is 0 Å². The molecule has 0 unspecified atom stereocenters. The van der Waals surface area contributed by atoms with Gasteiger partial charge in [-0.25, -0.2) is 18.2 Å². The van der Waals surface area contributed by atoms with E-state index in [1.54, 1.807) is 0 Å². The van der Waals surface area contributed by atoms with Crippen LogP contribution in [0.25, 0.3) is 16.0 Å². The fourth-order valence-electron chi connectivity index (χ4n) is 3.77. The number of hydrogen-bond acceptors (Lipinski definition) is 5. The molecular weight excluding hydrogens is 453 g/mol. The summed E-state index contributed by atoms with van der Waals surface area (Å²) in [4.78, 5) is 31.5. The molecule has 0 spiro atoms. The molecule has 33 heavy (non-hydrogen) atoms. The lowest BCUT2D eigenvalue weighted by atomic mass is 9.95. The van der Waals surface area contributed by atoms with Crippen molar-refractivity contribution >= 4 is 44.1 Å². The molecule has 164 valence electrons. The fourth-order valence-corrected chi connectivity index (χ4v) is 4.79. The molecule has 9 heteroatoms. The smallest absolute Gasteiger partial charge is 0.301 e. The Kier molecular flexibility index (Phi) is 4.98. The molecule has 2 heterocycles. The quantitative estimate of drug-likeness (QED) is 0.251. The summed E-state index contributed by atoms with van der Waals surface area (Å²) in [6.07, 6.45) is 0. The third-order valence-electron chi connectivity index (χ3n) is 5.31. The fraction of sp³-hybridized carbons (Fsp3) is 0.0417. The van der Waals surface area contributed by atoms with Gasteiger partial charge < -0.3 is 5.11 Å². The van der Waals surface area contributed by atoms with E-state index in [1.807, 2.05) is 0 Å². The summed E-state index contributed by atoms with van der Waals surface area (Å²) in [5.41, 5.74) is 0.0826. The number of ketones is 1. The van der Waals surface area contributed by atoms with E-state index in [0.29, 0.717) is 10.2 Å². The van der Waals surface area contributed by atoms with E-state index < -0.39 is 40.9 Å². The Morgan fingerprint density at radius 2 is 1.64 bits per heavy atom. The van der Waals surface area contributed by atoms with Gasteiger partial charge in [0.05, 0.1) is 15.8 Å². The number of anilines is 1. The van der Waals surface area contributed by atoms with Crippen LogP contribution in [0.5, 0.6) is 0 Å². The lowest BCUT2D eigenvalue weighted by molar-refractivity contribution is -0.132. The lowest BCUT2D eigenvalue weighted by Crippen LogP contribution is -2.29. The molecule has 3 aromatic carbocycles. The Hall–Kier alpha value is -3.98. The van der Waals surface area contributed by atoms with Gasteiger partial charge in [0.15, 0.2) is 5.13 Å². The van der Waals surface area contributed by atoms with Gasteiger partial charge in [0.2, 0.25) is 0 Å². The first-order valence-corrected chi connectivity index (χ1v) is 10.5. The van der Waals surface area contributed by atoms with Crippen LogP contribution >= 0.6 is 11.3 Å². The first-order chi connectivity index (χ1) is 15.8. The zero-order chi connectivity index (χ0) is 23.3. The Morgan fingerprint density at radius 1 is 0.939 bits per heavy atom. The van der Waals surface area contributed by atoms with E-state index in [0.717, 1.165) is 28.4 Å². The lowest BCUT2D eigenvalue weighted by Gasteiger charge is -2.23. The molecule has 1 aliphatic heterocycles. The molecule has 5 rings (SSSR count). The van der Waals surface area contributed by atoms with Gasteiger partial charge in [-0.1, -0.05) is 29.5 Å². The van der Waals surface area contributed by atoms with Gasteiger partial charge in [0.25, 0.3) is 5.78 Å². The van der Waals surface area contributed by atoms with Crippen LogP contribution in [0, 0.1) is 17.5 Å². The normalized spacial score (nSPS) is 17.8. The van der Waals surface area contributed by atoms with E-state index in [1.165, 1.54) is 54.6 Å². The molecule has 0 bridgehead atoms. The second kappa shape index (κ2) is 7.86. The van der Waals surface area contributed by atoms with Crippen LogP contribution in [0.1, 0.15) is 17.2 Å². The van der Waals surface area contributed by atoms with Gasteiger partial charge in [0, 0.05) is 11.1 Å². The number of halogens is 3. The number of aliphatic hydroxyl groups is 1. The molecule has 1 amide bonds. The SMILES string of the molecule is O=C1C(=O)N(c2nc3ccc(F)cc3s2)[C@H](c2ccccc2F)/C1=C(\O)c1ccc(F)cc1. The Labute approximate surface area is 189 Å². The highest BCUT2D eigenvalue weighted by molar-refractivity contribution is 7.22. The standard InChI is InChI=1S/C24H13F3N2O3S/c25-13-7-5-12(6-8-13)21(30)19-20(15-3-1-2-4-16(15)27)29(23(32)22(19)31)24-28-17-10-9-14(26)11-18(17)33-24/h1-11,20,30H/b21-19+/t20-/m1/s1. The second-order valence-electron chi connectivity index (χ2n) is 7.31. The van der Waals surface area contributed by atoms with Crippen molar-refractivity contribution < 1.29 is 27.9 Å². The van der Waals surface area contributed by atoms with E-state index in [9.17, 15) is 27.9 Å². The molecule has 0 radical (unpaired) electrons. The van der Waals surface area contributed by atoms with Crippen LogP contribution in [0.3, 0.4) is 0 Å². The number of rotatable bonds is 3. The second-order valence-corrected chi connectivity index (χ2v) is 8.32. The molecule has 1 fully saturated rings. The van der Waals surface area contributed by atoms with Gasteiger partial charge in [0.1, 0.15) is 29.3 Å².